The molecular weight excluding hydrogens is 667 g/mol. The van der Waals surface area contributed by atoms with E-state index in [1.165, 1.54) is 11.1 Å². The third kappa shape index (κ3) is 7.84. The van der Waals surface area contributed by atoms with Gasteiger partial charge in [-0.1, -0.05) is 19.1 Å². The van der Waals surface area contributed by atoms with Crippen molar-refractivity contribution in [2.75, 3.05) is 38.3 Å². The van der Waals surface area contributed by atoms with Gasteiger partial charge in [0.2, 0.25) is 5.91 Å². The zero-order chi connectivity index (χ0) is 37.4. The summed E-state index contributed by atoms with van der Waals surface area (Å²) in [6.07, 6.45) is 15.9. The van der Waals surface area contributed by atoms with Crippen LogP contribution in [0.5, 0.6) is 5.75 Å². The van der Waals surface area contributed by atoms with Crippen LogP contribution in [0.15, 0.2) is 48.9 Å². The van der Waals surface area contributed by atoms with Crippen LogP contribution in [0.25, 0.3) is 11.1 Å². The molecule has 3 aromatic rings. The normalized spacial score (nSPS) is 25.9. The molecule has 1 aliphatic heterocycles. The summed E-state index contributed by atoms with van der Waals surface area (Å²) in [5, 5.41) is 4.64. The number of amides is 2. The topological polar surface area (TPSA) is 99.0 Å². The van der Waals surface area contributed by atoms with Crippen LogP contribution in [0.2, 0.25) is 0 Å². The lowest BCUT2D eigenvalue weighted by Gasteiger charge is -2.55. The first-order valence-corrected chi connectivity index (χ1v) is 20.0. The van der Waals surface area contributed by atoms with Gasteiger partial charge in [-0.25, -0.2) is 9.78 Å². The maximum atomic E-state index is 14.8. The molecule has 2 aromatic heterocycles. The number of nitrogens with zero attached hydrogens (tertiary/aromatic N) is 5. The van der Waals surface area contributed by atoms with Crippen LogP contribution in [0.3, 0.4) is 0 Å². The summed E-state index contributed by atoms with van der Waals surface area (Å²) < 4.78 is 19.2. The average molecular weight is 726 g/mol. The lowest BCUT2D eigenvalue weighted by Crippen LogP contribution is -2.55. The minimum Gasteiger partial charge on any atom is -0.496 e. The lowest BCUT2D eigenvalue weighted by molar-refractivity contribution is -0.125. The first kappa shape index (κ1) is 37.4. The Kier molecular flexibility index (Phi) is 10.6. The Morgan fingerprint density at radius 3 is 2.28 bits per heavy atom. The van der Waals surface area contributed by atoms with Crippen molar-refractivity contribution in [1.82, 2.24) is 19.7 Å². The molecule has 0 unspecified atom stereocenters. The van der Waals surface area contributed by atoms with Crippen LogP contribution in [0.4, 0.5) is 10.6 Å². The molecule has 4 aliphatic carbocycles. The molecule has 0 radical (unpaired) electrons. The van der Waals surface area contributed by atoms with Crippen molar-refractivity contribution in [3.8, 4) is 16.9 Å². The van der Waals surface area contributed by atoms with Crippen LogP contribution in [-0.4, -0.2) is 77.2 Å². The highest BCUT2D eigenvalue weighted by molar-refractivity contribution is 5.95. The number of pyridine rings is 1. The number of likely N-dealkylation sites (tertiary alicyclic amines) is 1. The van der Waals surface area contributed by atoms with Gasteiger partial charge in [0.15, 0.2) is 0 Å². The van der Waals surface area contributed by atoms with Crippen LogP contribution >= 0.6 is 0 Å². The van der Waals surface area contributed by atoms with Gasteiger partial charge in [0.1, 0.15) is 17.7 Å². The van der Waals surface area contributed by atoms with E-state index in [9.17, 15) is 9.59 Å². The van der Waals surface area contributed by atoms with Gasteiger partial charge in [-0.15, -0.1) is 0 Å². The van der Waals surface area contributed by atoms with Crippen LogP contribution < -0.4 is 9.64 Å². The molecule has 8 rings (SSSR count). The van der Waals surface area contributed by atoms with Crippen molar-refractivity contribution in [3.63, 3.8) is 0 Å². The summed E-state index contributed by atoms with van der Waals surface area (Å²) in [5.41, 5.74) is 4.74. The van der Waals surface area contributed by atoms with Crippen LogP contribution in [-0.2, 0) is 25.2 Å². The molecule has 1 aromatic carbocycles. The Hall–Kier alpha value is -3.92. The summed E-state index contributed by atoms with van der Waals surface area (Å²) in [5.74, 6) is 1.66. The van der Waals surface area contributed by atoms with E-state index in [4.69, 9.17) is 19.2 Å². The molecule has 4 saturated carbocycles. The number of fused-ring (bicyclic) bond motifs is 3. The number of aryl methyl sites for hydroxylation is 1. The number of hydrogen-bond acceptors (Lipinski definition) is 7. The third-order valence-electron chi connectivity index (χ3n) is 12.7. The van der Waals surface area contributed by atoms with Crippen molar-refractivity contribution in [1.29, 1.82) is 0 Å². The van der Waals surface area contributed by atoms with Crippen molar-refractivity contribution >= 4 is 17.8 Å². The summed E-state index contributed by atoms with van der Waals surface area (Å²) >= 11 is 0. The predicted octanol–water partition coefficient (Wildman–Crippen LogP) is 8.45. The molecule has 53 heavy (non-hydrogen) atoms. The number of rotatable bonds is 11. The second kappa shape index (κ2) is 15.1. The predicted molar refractivity (Wildman–Crippen MR) is 206 cm³/mol. The number of aromatic nitrogens is 3. The number of ether oxygens (including phenoxy) is 3. The SMILES string of the molecule is CCCOC1CN(C(=O)O[C@H]2CC[C@H](C(=O)N(CC34CCC(c5ccc(OC)c(C)c5)(CC3)CC4)c3cc(-c4cnn(C(C)(C)C)c4)ccn3)CC2)C1. The number of carbonyl (C=O) groups excluding carboxylic acids is 2. The monoisotopic (exact) mass is 725 g/mol. The maximum Gasteiger partial charge on any atom is 0.410 e. The van der Waals surface area contributed by atoms with Gasteiger partial charge in [-0.2, -0.15) is 5.10 Å². The smallest absolute Gasteiger partial charge is 0.410 e. The van der Waals surface area contributed by atoms with E-state index in [1.54, 1.807) is 12.0 Å². The minimum atomic E-state index is -0.261. The summed E-state index contributed by atoms with van der Waals surface area (Å²) in [6, 6.07) is 10.8. The Bertz CT molecular complexity index is 1740. The van der Waals surface area contributed by atoms with E-state index < -0.39 is 0 Å². The van der Waals surface area contributed by atoms with E-state index in [1.807, 2.05) is 28.0 Å². The fourth-order valence-electron chi connectivity index (χ4n) is 9.18. The molecule has 1 saturated heterocycles. The van der Waals surface area contributed by atoms with Gasteiger partial charge < -0.3 is 19.1 Å². The standard InChI is InChI=1S/C43H59N5O5/c1-7-22-52-36-27-46(28-36)40(50)53-35-11-8-31(9-12-35)39(49)47(38-24-32(14-21-44-38)33-25-45-48(26-33)41(3,4)5)29-42-15-18-43(19-16-42,20-17-42)34-10-13-37(51-6)30(2)23-34/h10,13-14,21,23-26,31,35-36H,7-9,11-12,15-20,22,27-29H2,1-6H3/t31-,35-,42?,43?. The molecule has 2 amide bonds. The molecule has 10 heteroatoms. The van der Waals surface area contributed by atoms with E-state index in [0.29, 0.717) is 51.1 Å². The molecule has 10 nitrogen and oxygen atoms in total. The summed E-state index contributed by atoms with van der Waals surface area (Å²) in [4.78, 5) is 36.2. The molecule has 0 atom stereocenters. The highest BCUT2D eigenvalue weighted by atomic mass is 16.6. The lowest BCUT2D eigenvalue weighted by atomic mass is 9.51. The largest absolute Gasteiger partial charge is 0.496 e. The molecule has 5 aliphatic rings. The molecule has 0 N–H and O–H groups in total. The minimum absolute atomic E-state index is 0.0520. The molecule has 2 bridgehead atoms. The zero-order valence-electron chi connectivity index (χ0n) is 32.7. The molecule has 3 heterocycles. The molecule has 286 valence electrons. The second-order valence-electron chi connectivity index (χ2n) is 17.4. The first-order chi connectivity index (χ1) is 25.4. The number of carbonyl (C=O) groups is 2. The van der Waals surface area contributed by atoms with E-state index in [0.717, 1.165) is 68.4 Å². The van der Waals surface area contributed by atoms with E-state index >= 15 is 0 Å². The number of benzene rings is 1. The quantitative estimate of drug-likeness (QED) is 0.196. The summed E-state index contributed by atoms with van der Waals surface area (Å²) in [6.45, 7) is 13.2. The summed E-state index contributed by atoms with van der Waals surface area (Å²) in [7, 11) is 1.74. The number of anilines is 1. The van der Waals surface area contributed by atoms with Crippen molar-refractivity contribution in [3.05, 3.63) is 60.0 Å². The highest BCUT2D eigenvalue weighted by Gasteiger charge is 2.51. The maximum absolute atomic E-state index is 14.8. The van der Waals surface area contributed by atoms with Gasteiger partial charge in [0.05, 0.1) is 38.0 Å². The van der Waals surface area contributed by atoms with Gasteiger partial charge >= 0.3 is 6.09 Å². The van der Waals surface area contributed by atoms with Crippen molar-refractivity contribution in [2.45, 2.75) is 128 Å². The van der Waals surface area contributed by atoms with E-state index in [2.05, 4.69) is 70.2 Å². The fraction of sp³-hybridized carbons (Fsp3) is 0.628. The Labute approximate surface area is 315 Å². The Morgan fingerprint density at radius 2 is 1.66 bits per heavy atom. The fourth-order valence-corrected chi connectivity index (χ4v) is 9.18. The van der Waals surface area contributed by atoms with Crippen LogP contribution in [0, 0.1) is 18.3 Å². The zero-order valence-corrected chi connectivity index (χ0v) is 32.7. The van der Waals surface area contributed by atoms with Crippen LogP contribution in [0.1, 0.15) is 109 Å². The highest BCUT2D eigenvalue weighted by Crippen LogP contribution is 2.58. The Morgan fingerprint density at radius 1 is 0.943 bits per heavy atom. The molecule has 5 fully saturated rings. The van der Waals surface area contributed by atoms with Gasteiger partial charge in [-0.3, -0.25) is 14.4 Å². The molecular formula is C43H59N5O5. The van der Waals surface area contributed by atoms with E-state index in [-0.39, 0.29) is 46.5 Å². The third-order valence-corrected chi connectivity index (χ3v) is 12.7. The Balaban J connectivity index is 1.06. The average Bonchev–Trinajstić information content (AvgIpc) is 3.66. The number of hydrogen-bond donors (Lipinski definition) is 0. The van der Waals surface area contributed by atoms with Crippen molar-refractivity contribution < 1.29 is 23.8 Å². The van der Waals surface area contributed by atoms with Crippen molar-refractivity contribution in [2.24, 2.45) is 11.3 Å². The molecule has 0 spiro atoms. The number of methoxy groups -OCH3 is 1. The van der Waals surface area contributed by atoms with Gasteiger partial charge in [0, 0.05) is 37.0 Å². The van der Waals surface area contributed by atoms with Gasteiger partial charge in [-0.05, 0) is 144 Å². The first-order valence-electron chi connectivity index (χ1n) is 20.0. The second-order valence-corrected chi connectivity index (χ2v) is 17.4. The van der Waals surface area contributed by atoms with Gasteiger partial charge in [0.25, 0.3) is 0 Å².